The Bertz CT molecular complexity index is 1320. The molecule has 6 nitrogen and oxygen atoms in total. The fraction of sp³-hybridized carbons (Fsp3) is 0.0833. The van der Waals surface area contributed by atoms with Crippen LogP contribution in [0.5, 0.6) is 17.2 Å². The first-order valence-corrected chi connectivity index (χ1v) is 10.7. The molecule has 4 rings (SSSR count). The topological polar surface area (TPSA) is 94.6 Å². The number of allylic oxidation sites excluding steroid dienone is 1. The standard InChI is InChI=1S/C24H15Cl3N2O4/c25-13-5-8-20(19(27)9-13)31-12-22(30)32-14-6-7-16-21(10-14)33-24(29)17(11-28)23(16)15-3-1-2-4-18(15)26/h1-10,23H,12,29H2. The Morgan fingerprint density at radius 2 is 1.82 bits per heavy atom. The molecule has 33 heavy (non-hydrogen) atoms. The van der Waals surface area contributed by atoms with E-state index in [-0.39, 0.29) is 28.8 Å². The molecular weight excluding hydrogens is 487 g/mol. The summed E-state index contributed by atoms with van der Waals surface area (Å²) < 4.78 is 16.4. The van der Waals surface area contributed by atoms with Crippen molar-refractivity contribution in [2.45, 2.75) is 5.92 Å². The molecule has 3 aromatic rings. The molecule has 3 aromatic carbocycles. The minimum absolute atomic E-state index is 0.0425. The van der Waals surface area contributed by atoms with Crippen molar-refractivity contribution < 1.29 is 19.0 Å². The summed E-state index contributed by atoms with van der Waals surface area (Å²) in [6.07, 6.45) is 0. The van der Waals surface area contributed by atoms with Gasteiger partial charge < -0.3 is 19.9 Å². The number of fused-ring (bicyclic) bond motifs is 1. The highest BCUT2D eigenvalue weighted by atomic mass is 35.5. The molecule has 0 aliphatic carbocycles. The molecule has 1 aliphatic heterocycles. The third-order valence-corrected chi connectivity index (χ3v) is 5.75. The number of nitrogens with two attached hydrogens (primary N) is 1. The van der Waals surface area contributed by atoms with Crippen molar-refractivity contribution in [3.63, 3.8) is 0 Å². The Labute approximate surface area is 204 Å². The van der Waals surface area contributed by atoms with E-state index in [1.165, 1.54) is 12.1 Å². The van der Waals surface area contributed by atoms with E-state index in [4.69, 9.17) is 54.7 Å². The van der Waals surface area contributed by atoms with Crippen LogP contribution in [-0.2, 0) is 4.79 Å². The van der Waals surface area contributed by atoms with Crippen molar-refractivity contribution in [1.82, 2.24) is 0 Å². The van der Waals surface area contributed by atoms with Crippen LogP contribution in [0, 0.1) is 11.3 Å². The highest BCUT2D eigenvalue weighted by molar-refractivity contribution is 6.35. The SMILES string of the molecule is N#CC1=C(N)Oc2cc(OC(=O)COc3ccc(Cl)cc3Cl)ccc2C1c1ccccc1Cl. The summed E-state index contributed by atoms with van der Waals surface area (Å²) in [5.41, 5.74) is 7.63. The maximum Gasteiger partial charge on any atom is 0.349 e. The van der Waals surface area contributed by atoms with Crippen LogP contribution in [0.2, 0.25) is 15.1 Å². The molecule has 0 spiro atoms. The van der Waals surface area contributed by atoms with Gasteiger partial charge >= 0.3 is 5.97 Å². The minimum Gasteiger partial charge on any atom is -0.480 e. The third kappa shape index (κ3) is 4.86. The molecule has 0 saturated carbocycles. The van der Waals surface area contributed by atoms with E-state index in [1.54, 1.807) is 36.4 Å². The summed E-state index contributed by atoms with van der Waals surface area (Å²) >= 11 is 18.3. The Kier molecular flexibility index (Phi) is 6.66. The van der Waals surface area contributed by atoms with Crippen LogP contribution in [0.3, 0.4) is 0 Å². The number of hydrogen-bond donors (Lipinski definition) is 1. The smallest absolute Gasteiger partial charge is 0.349 e. The number of carbonyl (C=O) groups excluding carboxylic acids is 1. The Morgan fingerprint density at radius 1 is 1.03 bits per heavy atom. The largest absolute Gasteiger partial charge is 0.480 e. The van der Waals surface area contributed by atoms with Crippen molar-refractivity contribution >= 4 is 40.8 Å². The second kappa shape index (κ2) is 9.63. The number of nitrogens with zero attached hydrogens (tertiary/aromatic N) is 1. The van der Waals surface area contributed by atoms with Crippen LogP contribution in [-0.4, -0.2) is 12.6 Å². The number of halogens is 3. The first-order valence-electron chi connectivity index (χ1n) is 9.62. The molecule has 0 aromatic heterocycles. The number of hydrogen-bond acceptors (Lipinski definition) is 6. The molecule has 166 valence electrons. The lowest BCUT2D eigenvalue weighted by Crippen LogP contribution is -2.22. The van der Waals surface area contributed by atoms with Gasteiger partial charge in [0.25, 0.3) is 0 Å². The van der Waals surface area contributed by atoms with Gasteiger partial charge in [-0.2, -0.15) is 5.26 Å². The van der Waals surface area contributed by atoms with Gasteiger partial charge in [0, 0.05) is 21.7 Å². The predicted octanol–water partition coefficient (Wildman–Crippen LogP) is 5.85. The van der Waals surface area contributed by atoms with Gasteiger partial charge in [-0.15, -0.1) is 0 Å². The first kappa shape index (κ1) is 22.8. The highest BCUT2D eigenvalue weighted by Gasteiger charge is 2.32. The molecular formula is C24H15Cl3N2O4. The molecule has 1 unspecified atom stereocenters. The van der Waals surface area contributed by atoms with Crippen molar-refractivity contribution in [3.8, 4) is 23.3 Å². The van der Waals surface area contributed by atoms with Gasteiger partial charge in [0.1, 0.15) is 28.9 Å². The van der Waals surface area contributed by atoms with Gasteiger partial charge in [0.15, 0.2) is 6.61 Å². The zero-order valence-corrected chi connectivity index (χ0v) is 19.1. The molecule has 2 N–H and O–H groups in total. The van der Waals surface area contributed by atoms with E-state index in [2.05, 4.69) is 6.07 Å². The Balaban J connectivity index is 1.55. The normalized spacial score (nSPS) is 14.7. The van der Waals surface area contributed by atoms with Crippen molar-refractivity contribution in [1.29, 1.82) is 5.26 Å². The van der Waals surface area contributed by atoms with Gasteiger partial charge in [0.05, 0.1) is 10.9 Å². The van der Waals surface area contributed by atoms with Crippen LogP contribution in [0.4, 0.5) is 0 Å². The lowest BCUT2D eigenvalue weighted by molar-refractivity contribution is -0.136. The second-order valence-corrected chi connectivity index (χ2v) is 8.23. The van der Waals surface area contributed by atoms with E-state index in [1.807, 2.05) is 12.1 Å². The van der Waals surface area contributed by atoms with E-state index in [0.29, 0.717) is 32.7 Å². The summed E-state index contributed by atoms with van der Waals surface area (Å²) in [5.74, 6) is -0.345. The average molecular weight is 502 g/mol. The number of esters is 1. The van der Waals surface area contributed by atoms with E-state index in [9.17, 15) is 10.1 Å². The summed E-state index contributed by atoms with van der Waals surface area (Å²) in [4.78, 5) is 12.3. The number of carbonyl (C=O) groups is 1. The van der Waals surface area contributed by atoms with Crippen LogP contribution in [0.1, 0.15) is 17.0 Å². The van der Waals surface area contributed by atoms with E-state index < -0.39 is 11.9 Å². The summed E-state index contributed by atoms with van der Waals surface area (Å²) in [6.45, 7) is -0.373. The highest BCUT2D eigenvalue weighted by Crippen LogP contribution is 2.45. The van der Waals surface area contributed by atoms with Gasteiger partial charge in [0.2, 0.25) is 5.88 Å². The minimum atomic E-state index is -0.652. The van der Waals surface area contributed by atoms with Gasteiger partial charge in [-0.3, -0.25) is 0 Å². The van der Waals surface area contributed by atoms with Gasteiger partial charge in [-0.05, 0) is 35.9 Å². The molecule has 1 atom stereocenters. The van der Waals surface area contributed by atoms with Crippen LogP contribution in [0.15, 0.2) is 72.1 Å². The number of benzene rings is 3. The van der Waals surface area contributed by atoms with Gasteiger partial charge in [-0.1, -0.05) is 59.1 Å². The van der Waals surface area contributed by atoms with Crippen LogP contribution >= 0.6 is 34.8 Å². The van der Waals surface area contributed by atoms with E-state index >= 15 is 0 Å². The fourth-order valence-electron chi connectivity index (χ4n) is 3.42. The van der Waals surface area contributed by atoms with Crippen LogP contribution in [0.25, 0.3) is 0 Å². The lowest BCUT2D eigenvalue weighted by atomic mass is 9.83. The Morgan fingerprint density at radius 3 is 2.55 bits per heavy atom. The quantitative estimate of drug-likeness (QED) is 0.348. The second-order valence-electron chi connectivity index (χ2n) is 6.98. The van der Waals surface area contributed by atoms with Gasteiger partial charge in [-0.25, -0.2) is 4.79 Å². The van der Waals surface area contributed by atoms with E-state index in [0.717, 1.165) is 0 Å². The number of rotatable bonds is 5. The molecule has 9 heteroatoms. The third-order valence-electron chi connectivity index (χ3n) is 4.88. The first-order chi connectivity index (χ1) is 15.9. The van der Waals surface area contributed by atoms with Crippen molar-refractivity contribution in [2.24, 2.45) is 5.73 Å². The molecule has 0 amide bonds. The zero-order valence-electron chi connectivity index (χ0n) is 16.8. The molecule has 0 radical (unpaired) electrons. The molecule has 1 aliphatic rings. The molecule has 0 bridgehead atoms. The van der Waals surface area contributed by atoms with Crippen LogP contribution < -0.4 is 19.9 Å². The maximum absolute atomic E-state index is 12.3. The van der Waals surface area contributed by atoms with Crippen molar-refractivity contribution in [3.05, 3.63) is 98.3 Å². The Hall–Kier alpha value is -3.37. The summed E-state index contributed by atoms with van der Waals surface area (Å²) in [5, 5.41) is 10.9. The molecule has 0 fully saturated rings. The lowest BCUT2D eigenvalue weighted by Gasteiger charge is -2.27. The average Bonchev–Trinajstić information content (AvgIpc) is 2.78. The number of ether oxygens (including phenoxy) is 3. The number of nitriles is 1. The predicted molar refractivity (Wildman–Crippen MR) is 125 cm³/mol. The monoisotopic (exact) mass is 500 g/mol. The maximum atomic E-state index is 12.3. The summed E-state index contributed by atoms with van der Waals surface area (Å²) in [7, 11) is 0. The molecule has 1 heterocycles. The summed E-state index contributed by atoms with van der Waals surface area (Å²) in [6, 6.07) is 18.8. The zero-order chi connectivity index (χ0) is 23.5. The van der Waals surface area contributed by atoms with Crippen molar-refractivity contribution in [2.75, 3.05) is 6.61 Å². The fourth-order valence-corrected chi connectivity index (χ4v) is 4.13. The molecule has 0 saturated heterocycles.